The summed E-state index contributed by atoms with van der Waals surface area (Å²) in [6.45, 7) is 2.49. The van der Waals surface area contributed by atoms with Gasteiger partial charge in [-0.3, -0.25) is 4.57 Å². The van der Waals surface area contributed by atoms with E-state index in [0.717, 1.165) is 25.9 Å². The lowest BCUT2D eigenvalue weighted by Gasteiger charge is -2.22. The van der Waals surface area contributed by atoms with Crippen LogP contribution in [0.1, 0.15) is 18.4 Å². The largest absolute Gasteiger partial charge is 0.573 e. The smallest absolute Gasteiger partial charge is 0.405 e. The number of alkyl halides is 3. The highest BCUT2D eigenvalue weighted by atomic mass is 79.9. The lowest BCUT2D eigenvalue weighted by Crippen LogP contribution is -2.31. The average molecular weight is 501 g/mol. The number of H-pyrrole nitrogens is 1. The van der Waals surface area contributed by atoms with Crippen LogP contribution in [0.4, 0.5) is 19.1 Å². The SMILES string of the molecule is O=c1[nH]c2cnc(NCC3CCNCC3)nc2n1Cc1cc(Br)ccc1OC(F)(F)F. The summed E-state index contributed by atoms with van der Waals surface area (Å²) in [6.07, 6.45) is -1.26. The van der Waals surface area contributed by atoms with E-state index in [9.17, 15) is 18.0 Å². The number of fused-ring (bicyclic) bond motifs is 1. The third-order valence-corrected chi connectivity index (χ3v) is 5.59. The van der Waals surface area contributed by atoms with Crippen LogP contribution in [0.15, 0.2) is 33.7 Å². The molecule has 31 heavy (non-hydrogen) atoms. The van der Waals surface area contributed by atoms with E-state index in [1.54, 1.807) is 0 Å². The summed E-state index contributed by atoms with van der Waals surface area (Å²) < 4.78 is 44.3. The van der Waals surface area contributed by atoms with E-state index in [-0.39, 0.29) is 17.9 Å². The van der Waals surface area contributed by atoms with Gasteiger partial charge in [0.25, 0.3) is 0 Å². The van der Waals surface area contributed by atoms with Crippen molar-refractivity contribution in [2.45, 2.75) is 25.7 Å². The third kappa shape index (κ3) is 5.37. The first-order valence-corrected chi connectivity index (χ1v) is 10.5. The molecule has 0 saturated carbocycles. The number of aromatic amines is 1. The molecule has 0 radical (unpaired) electrons. The highest BCUT2D eigenvalue weighted by molar-refractivity contribution is 9.10. The minimum atomic E-state index is -4.85. The molecule has 3 N–H and O–H groups in total. The standard InChI is InChI=1S/C19H20BrF3N6O2/c20-13-1-2-15(31-19(21,22)23)12(7-13)10-29-16-14(27-18(29)30)9-26-17(28-16)25-8-11-3-5-24-6-4-11/h1-2,7,9,11,24H,3-6,8,10H2,(H,27,30)(H,25,26,28). The second-order valence-corrected chi connectivity index (χ2v) is 8.24. The Morgan fingerprint density at radius 2 is 2.06 bits per heavy atom. The summed E-state index contributed by atoms with van der Waals surface area (Å²) in [5.74, 6) is 0.479. The van der Waals surface area contributed by atoms with Gasteiger partial charge in [-0.05, 0) is 50.0 Å². The Morgan fingerprint density at radius 3 is 2.81 bits per heavy atom. The predicted octanol–water partition coefficient (Wildman–Crippen LogP) is 3.24. The third-order valence-electron chi connectivity index (χ3n) is 5.10. The average Bonchev–Trinajstić information content (AvgIpc) is 3.03. The number of hydrogen-bond acceptors (Lipinski definition) is 6. The zero-order valence-corrected chi connectivity index (χ0v) is 17.9. The summed E-state index contributed by atoms with van der Waals surface area (Å²) in [6, 6.07) is 4.12. The monoisotopic (exact) mass is 500 g/mol. The predicted molar refractivity (Wildman–Crippen MR) is 112 cm³/mol. The van der Waals surface area contributed by atoms with E-state index in [4.69, 9.17) is 0 Å². The van der Waals surface area contributed by atoms with Crippen molar-refractivity contribution in [1.82, 2.24) is 24.8 Å². The van der Waals surface area contributed by atoms with Crippen molar-refractivity contribution in [2.24, 2.45) is 5.92 Å². The number of imidazole rings is 1. The number of piperidine rings is 1. The molecule has 0 bridgehead atoms. The molecule has 166 valence electrons. The first-order chi connectivity index (χ1) is 14.8. The second-order valence-electron chi connectivity index (χ2n) is 7.32. The Bertz CT molecular complexity index is 1120. The number of benzene rings is 1. The summed E-state index contributed by atoms with van der Waals surface area (Å²) in [5, 5.41) is 6.51. The van der Waals surface area contributed by atoms with Crippen LogP contribution < -0.4 is 21.1 Å². The molecular weight excluding hydrogens is 481 g/mol. The molecule has 3 aromatic rings. The van der Waals surface area contributed by atoms with Crippen molar-refractivity contribution < 1.29 is 17.9 Å². The molecule has 4 rings (SSSR count). The molecule has 8 nitrogen and oxygen atoms in total. The van der Waals surface area contributed by atoms with Crippen molar-refractivity contribution in [3.05, 3.63) is 44.9 Å². The van der Waals surface area contributed by atoms with E-state index >= 15 is 0 Å². The van der Waals surface area contributed by atoms with Gasteiger partial charge in [0.05, 0.1) is 12.7 Å². The number of halogens is 4. The number of anilines is 1. The first kappa shape index (κ1) is 21.6. The molecular formula is C19H20BrF3N6O2. The number of aromatic nitrogens is 4. The highest BCUT2D eigenvalue weighted by Gasteiger charge is 2.32. The fourth-order valence-corrected chi connectivity index (χ4v) is 3.97. The number of ether oxygens (including phenoxy) is 1. The van der Waals surface area contributed by atoms with Gasteiger partial charge in [0.1, 0.15) is 11.3 Å². The molecule has 2 aromatic heterocycles. The molecule has 0 aliphatic carbocycles. The minimum Gasteiger partial charge on any atom is -0.405 e. The van der Waals surface area contributed by atoms with E-state index in [1.807, 2.05) is 0 Å². The van der Waals surface area contributed by atoms with Crippen molar-refractivity contribution in [3.8, 4) is 5.75 Å². The van der Waals surface area contributed by atoms with Gasteiger partial charge in [0, 0.05) is 16.6 Å². The van der Waals surface area contributed by atoms with Gasteiger partial charge in [-0.25, -0.2) is 9.78 Å². The molecule has 0 unspecified atom stereocenters. The minimum absolute atomic E-state index is 0.158. The number of hydrogen-bond donors (Lipinski definition) is 3. The molecule has 0 atom stereocenters. The van der Waals surface area contributed by atoms with Crippen LogP contribution in [-0.4, -0.2) is 45.5 Å². The molecule has 1 aliphatic heterocycles. The highest BCUT2D eigenvalue weighted by Crippen LogP contribution is 2.29. The molecule has 1 aromatic carbocycles. The Hall–Kier alpha value is -2.60. The van der Waals surface area contributed by atoms with Gasteiger partial charge in [0.15, 0.2) is 5.65 Å². The van der Waals surface area contributed by atoms with E-state index in [2.05, 4.69) is 46.3 Å². The molecule has 1 fully saturated rings. The first-order valence-electron chi connectivity index (χ1n) is 9.73. The Kier molecular flexibility index (Phi) is 6.19. The van der Waals surface area contributed by atoms with Gasteiger partial charge in [0.2, 0.25) is 5.95 Å². The van der Waals surface area contributed by atoms with Crippen molar-refractivity contribution in [1.29, 1.82) is 0 Å². The van der Waals surface area contributed by atoms with Crippen LogP contribution in [0, 0.1) is 5.92 Å². The van der Waals surface area contributed by atoms with Crippen molar-refractivity contribution in [3.63, 3.8) is 0 Å². The second kappa shape index (κ2) is 8.87. The topological polar surface area (TPSA) is 96.9 Å². The molecule has 0 spiro atoms. The van der Waals surface area contributed by atoms with Crippen LogP contribution in [0.2, 0.25) is 0 Å². The van der Waals surface area contributed by atoms with Crippen LogP contribution in [0.3, 0.4) is 0 Å². The fourth-order valence-electron chi connectivity index (χ4n) is 3.57. The summed E-state index contributed by atoms with van der Waals surface area (Å²) in [7, 11) is 0. The zero-order valence-electron chi connectivity index (χ0n) is 16.3. The number of rotatable bonds is 6. The molecule has 1 saturated heterocycles. The number of nitrogens with one attached hydrogen (secondary N) is 3. The summed E-state index contributed by atoms with van der Waals surface area (Å²) in [5.41, 5.74) is 0.367. The van der Waals surface area contributed by atoms with E-state index in [1.165, 1.54) is 29.0 Å². The lowest BCUT2D eigenvalue weighted by atomic mass is 9.98. The van der Waals surface area contributed by atoms with Crippen LogP contribution in [0.25, 0.3) is 11.2 Å². The number of nitrogens with zero attached hydrogens (tertiary/aromatic N) is 3. The van der Waals surface area contributed by atoms with Crippen LogP contribution >= 0.6 is 15.9 Å². The van der Waals surface area contributed by atoms with Crippen molar-refractivity contribution >= 4 is 33.0 Å². The van der Waals surface area contributed by atoms with Crippen LogP contribution in [-0.2, 0) is 6.54 Å². The maximum atomic E-state index is 12.8. The van der Waals surface area contributed by atoms with E-state index < -0.39 is 12.1 Å². The molecule has 3 heterocycles. The quantitative estimate of drug-likeness (QED) is 0.480. The molecule has 0 amide bonds. The van der Waals surface area contributed by atoms with E-state index in [0.29, 0.717) is 34.0 Å². The normalized spacial score (nSPS) is 15.4. The fraction of sp³-hybridized carbons (Fsp3) is 0.421. The molecule has 12 heteroatoms. The van der Waals surface area contributed by atoms with Crippen LogP contribution in [0.5, 0.6) is 5.75 Å². The van der Waals surface area contributed by atoms with Gasteiger partial charge in [-0.1, -0.05) is 15.9 Å². The molecule has 1 aliphatic rings. The summed E-state index contributed by atoms with van der Waals surface area (Å²) in [4.78, 5) is 23.8. The summed E-state index contributed by atoms with van der Waals surface area (Å²) >= 11 is 3.25. The maximum absolute atomic E-state index is 12.8. The van der Waals surface area contributed by atoms with Crippen molar-refractivity contribution in [2.75, 3.05) is 25.0 Å². The van der Waals surface area contributed by atoms with Gasteiger partial charge in [-0.2, -0.15) is 4.98 Å². The Labute approximate surface area is 183 Å². The zero-order chi connectivity index (χ0) is 22.0. The van der Waals surface area contributed by atoms with Gasteiger partial charge >= 0.3 is 12.1 Å². The van der Waals surface area contributed by atoms with Gasteiger partial charge in [-0.15, -0.1) is 13.2 Å². The maximum Gasteiger partial charge on any atom is 0.573 e. The van der Waals surface area contributed by atoms with Gasteiger partial charge < -0.3 is 20.4 Å². The lowest BCUT2D eigenvalue weighted by molar-refractivity contribution is -0.274. The Balaban J connectivity index is 1.61. The Morgan fingerprint density at radius 1 is 1.29 bits per heavy atom.